The van der Waals surface area contributed by atoms with Crippen molar-refractivity contribution in [3.8, 4) is 0 Å². The number of rotatable bonds is 1. The van der Waals surface area contributed by atoms with E-state index >= 15 is 0 Å². The molecule has 0 amide bonds. The molecule has 0 fully saturated rings. The predicted molar refractivity (Wildman–Crippen MR) is 35.6 cm³/mol. The van der Waals surface area contributed by atoms with Crippen LogP contribution in [-0.4, -0.2) is 11.1 Å². The first-order valence-electron chi connectivity index (χ1n) is 2.39. The van der Waals surface area contributed by atoms with Crippen LogP contribution in [0.15, 0.2) is 6.07 Å². The van der Waals surface area contributed by atoms with E-state index in [-0.39, 0.29) is 10.6 Å². The van der Waals surface area contributed by atoms with Gasteiger partial charge in [-0.05, 0) is 6.07 Å². The Bertz CT molecular complexity index is 271. The second-order valence-corrected chi connectivity index (χ2v) is 2.68. The maximum atomic E-state index is 12.4. The minimum atomic E-state index is -1.29. The second-order valence-electron chi connectivity index (χ2n) is 1.64. The molecule has 54 valence electrons. The molecule has 1 rings (SSSR count). The molecule has 0 radical (unpaired) electrons. The number of halogens is 1. The van der Waals surface area contributed by atoms with Crippen molar-refractivity contribution in [3.05, 3.63) is 16.8 Å². The summed E-state index contributed by atoms with van der Waals surface area (Å²) in [5.41, 5.74) is 4.77. The van der Waals surface area contributed by atoms with Gasteiger partial charge in [-0.2, -0.15) is 4.39 Å². The summed E-state index contributed by atoms with van der Waals surface area (Å²) in [4.78, 5) is 10.1. The summed E-state index contributed by atoms with van der Waals surface area (Å²) in [6, 6.07) is 1.10. The number of carboxylic acid groups (broad SMARTS) is 1. The lowest BCUT2D eigenvalue weighted by molar-refractivity contribution is 0.0693. The summed E-state index contributed by atoms with van der Waals surface area (Å²) in [5.74, 6) is -1.29. The highest BCUT2D eigenvalue weighted by Crippen LogP contribution is 2.21. The van der Waals surface area contributed by atoms with Gasteiger partial charge in [0.25, 0.3) is 0 Å². The summed E-state index contributed by atoms with van der Waals surface area (Å²) in [5, 5.41) is 7.72. The summed E-state index contributed by atoms with van der Waals surface area (Å²) in [6.45, 7) is 0. The first-order chi connectivity index (χ1) is 4.61. The Kier molecular flexibility index (Phi) is 1.58. The van der Waals surface area contributed by atoms with Crippen LogP contribution in [0.3, 0.4) is 0 Å². The van der Waals surface area contributed by atoms with E-state index in [9.17, 15) is 9.18 Å². The third-order valence-electron chi connectivity index (χ3n) is 0.936. The molecule has 10 heavy (non-hydrogen) atoms. The number of carbonyl (C=O) groups is 1. The summed E-state index contributed by atoms with van der Waals surface area (Å²) < 4.78 is 12.4. The van der Waals surface area contributed by atoms with Crippen LogP contribution < -0.4 is 5.73 Å². The molecule has 3 N–H and O–H groups in total. The molecular formula is C5H4FNO2S. The Morgan fingerprint density at radius 3 is 2.60 bits per heavy atom. The predicted octanol–water partition coefficient (Wildman–Crippen LogP) is 1.17. The van der Waals surface area contributed by atoms with E-state index in [2.05, 4.69) is 0 Å². The molecular weight excluding hydrogens is 157 g/mol. The molecule has 1 aromatic heterocycles. The molecule has 3 nitrogen and oxygen atoms in total. The van der Waals surface area contributed by atoms with Crippen LogP contribution in [0, 0.1) is 5.13 Å². The van der Waals surface area contributed by atoms with Crippen LogP contribution in [0.5, 0.6) is 0 Å². The Labute approximate surface area is 59.9 Å². The van der Waals surface area contributed by atoms with Gasteiger partial charge in [0.1, 0.15) is 5.56 Å². The van der Waals surface area contributed by atoms with E-state index in [1.165, 1.54) is 0 Å². The second kappa shape index (κ2) is 2.26. The molecule has 0 unspecified atom stereocenters. The standard InChI is InChI=1S/C5H4FNO2S/c6-4-2(5(8)9)1-3(7)10-4/h1H,7H2,(H,8,9). The van der Waals surface area contributed by atoms with E-state index in [1.807, 2.05) is 0 Å². The number of carboxylic acids is 1. The Morgan fingerprint density at radius 1 is 1.80 bits per heavy atom. The molecule has 0 saturated heterocycles. The summed E-state index contributed by atoms with van der Waals surface area (Å²) >= 11 is 0.628. The fourth-order valence-electron chi connectivity index (χ4n) is 0.533. The fraction of sp³-hybridized carbons (Fsp3) is 0. The van der Waals surface area contributed by atoms with Crippen molar-refractivity contribution in [1.82, 2.24) is 0 Å². The summed E-state index contributed by atoms with van der Waals surface area (Å²) in [7, 11) is 0. The maximum Gasteiger partial charge on any atom is 0.339 e. The van der Waals surface area contributed by atoms with Gasteiger partial charge in [0.15, 0.2) is 5.13 Å². The zero-order valence-electron chi connectivity index (χ0n) is 4.80. The number of anilines is 1. The van der Waals surface area contributed by atoms with Gasteiger partial charge in [0.2, 0.25) is 0 Å². The Hall–Kier alpha value is -1.10. The normalized spacial score (nSPS) is 9.70. The first-order valence-corrected chi connectivity index (χ1v) is 3.21. The fourth-order valence-corrected chi connectivity index (χ4v) is 1.17. The Balaban J connectivity index is 3.15. The van der Waals surface area contributed by atoms with Crippen molar-refractivity contribution in [2.24, 2.45) is 0 Å². The molecule has 0 bridgehead atoms. The number of aromatic carboxylic acids is 1. The lowest BCUT2D eigenvalue weighted by Crippen LogP contribution is -1.95. The maximum absolute atomic E-state index is 12.4. The molecule has 1 aromatic rings. The number of nitrogen functional groups attached to an aromatic ring is 1. The SMILES string of the molecule is Nc1cc(C(=O)O)c(F)s1. The van der Waals surface area contributed by atoms with Crippen LogP contribution in [0.25, 0.3) is 0 Å². The van der Waals surface area contributed by atoms with Crippen molar-refractivity contribution < 1.29 is 14.3 Å². The van der Waals surface area contributed by atoms with Crippen molar-refractivity contribution in [1.29, 1.82) is 0 Å². The molecule has 0 atom stereocenters. The quantitative estimate of drug-likeness (QED) is 0.649. The molecule has 0 aliphatic rings. The molecule has 1 heterocycles. The Morgan fingerprint density at radius 2 is 2.40 bits per heavy atom. The van der Waals surface area contributed by atoms with Crippen molar-refractivity contribution in [2.75, 3.05) is 5.73 Å². The van der Waals surface area contributed by atoms with Gasteiger partial charge >= 0.3 is 5.97 Å². The molecule has 0 aliphatic heterocycles. The number of nitrogens with two attached hydrogens (primary N) is 1. The third kappa shape index (κ3) is 1.08. The molecule has 0 aromatic carbocycles. The zero-order valence-corrected chi connectivity index (χ0v) is 5.61. The highest BCUT2D eigenvalue weighted by Gasteiger charge is 2.12. The van der Waals surface area contributed by atoms with Crippen LogP contribution in [-0.2, 0) is 0 Å². The lowest BCUT2D eigenvalue weighted by Gasteiger charge is -1.82. The first kappa shape index (κ1) is 7.01. The minimum Gasteiger partial charge on any atom is -0.478 e. The van der Waals surface area contributed by atoms with E-state index in [0.717, 1.165) is 6.07 Å². The smallest absolute Gasteiger partial charge is 0.339 e. The van der Waals surface area contributed by atoms with Gasteiger partial charge in [-0.15, -0.1) is 0 Å². The molecule has 0 saturated carbocycles. The van der Waals surface area contributed by atoms with E-state index in [1.54, 1.807) is 0 Å². The van der Waals surface area contributed by atoms with E-state index in [4.69, 9.17) is 10.8 Å². The monoisotopic (exact) mass is 161 g/mol. The number of thiophene rings is 1. The van der Waals surface area contributed by atoms with Crippen molar-refractivity contribution in [2.45, 2.75) is 0 Å². The zero-order chi connectivity index (χ0) is 7.72. The number of hydrogen-bond acceptors (Lipinski definition) is 3. The van der Waals surface area contributed by atoms with E-state index in [0.29, 0.717) is 11.3 Å². The average Bonchev–Trinajstić information content (AvgIpc) is 2.10. The highest BCUT2D eigenvalue weighted by molar-refractivity contribution is 7.14. The van der Waals surface area contributed by atoms with Gasteiger partial charge in [-0.25, -0.2) is 4.79 Å². The molecule has 0 spiro atoms. The lowest BCUT2D eigenvalue weighted by atomic mass is 10.3. The summed E-state index contributed by atoms with van der Waals surface area (Å²) in [6.07, 6.45) is 0. The highest BCUT2D eigenvalue weighted by atomic mass is 32.1. The van der Waals surface area contributed by atoms with E-state index < -0.39 is 11.1 Å². The van der Waals surface area contributed by atoms with Crippen LogP contribution >= 0.6 is 11.3 Å². The van der Waals surface area contributed by atoms with Gasteiger partial charge in [0, 0.05) is 0 Å². The topological polar surface area (TPSA) is 63.3 Å². The molecule has 5 heteroatoms. The minimum absolute atomic E-state index is 0.176. The van der Waals surface area contributed by atoms with Gasteiger partial charge in [-0.1, -0.05) is 11.3 Å². The van der Waals surface area contributed by atoms with Gasteiger partial charge < -0.3 is 10.8 Å². The van der Waals surface area contributed by atoms with Gasteiger partial charge in [0.05, 0.1) is 5.00 Å². The average molecular weight is 161 g/mol. The van der Waals surface area contributed by atoms with Crippen molar-refractivity contribution in [3.63, 3.8) is 0 Å². The number of hydrogen-bond donors (Lipinski definition) is 2. The van der Waals surface area contributed by atoms with Crippen LogP contribution in [0.1, 0.15) is 10.4 Å². The van der Waals surface area contributed by atoms with Crippen LogP contribution in [0.4, 0.5) is 9.39 Å². The largest absolute Gasteiger partial charge is 0.478 e. The van der Waals surface area contributed by atoms with Gasteiger partial charge in [-0.3, -0.25) is 0 Å². The third-order valence-corrected chi connectivity index (χ3v) is 1.69. The molecule has 0 aliphatic carbocycles. The van der Waals surface area contributed by atoms with Crippen molar-refractivity contribution >= 4 is 22.3 Å². The van der Waals surface area contributed by atoms with Crippen LogP contribution in [0.2, 0.25) is 0 Å².